The number of thioether (sulfide) groups is 1. The molecule has 0 saturated heterocycles. The molecule has 3 aromatic rings. The van der Waals surface area contributed by atoms with Crippen LogP contribution in [0.2, 0.25) is 0 Å². The maximum atomic E-state index is 12.7. The minimum Gasteiger partial charge on any atom is -0.342 e. The minimum absolute atomic E-state index is 0.0968. The molecule has 168 valence electrons. The van der Waals surface area contributed by atoms with E-state index in [9.17, 15) is 9.59 Å². The number of aryl methyl sites for hydroxylation is 3. The number of rotatable bonds is 8. The second kappa shape index (κ2) is 10.5. The number of carbonyl (C=O) groups excluding carboxylic acids is 2. The normalized spacial score (nSPS) is 11.8. The van der Waals surface area contributed by atoms with Gasteiger partial charge in [-0.1, -0.05) is 48.2 Å². The number of para-hydroxylation sites is 1. The number of aromatic nitrogens is 3. The number of hydrogen-bond donors (Lipinski definition) is 2. The average Bonchev–Trinajstić information content (AvgIpc) is 3.18. The third-order valence-corrected chi connectivity index (χ3v) is 6.23. The SMILES string of the molecule is CCn1c(SCC(=O)Nc2c(C)cccc2C)nnc1[C@@H](C)NC(=O)c1ccccc1C. The molecule has 0 spiro atoms. The van der Waals surface area contributed by atoms with Crippen LogP contribution in [0, 0.1) is 20.8 Å². The van der Waals surface area contributed by atoms with Gasteiger partial charge in [0.25, 0.3) is 5.91 Å². The number of hydrogen-bond acceptors (Lipinski definition) is 5. The highest BCUT2D eigenvalue weighted by Crippen LogP contribution is 2.23. The molecule has 0 radical (unpaired) electrons. The number of amides is 2. The van der Waals surface area contributed by atoms with Gasteiger partial charge in [-0.15, -0.1) is 10.2 Å². The van der Waals surface area contributed by atoms with Gasteiger partial charge in [0.15, 0.2) is 11.0 Å². The summed E-state index contributed by atoms with van der Waals surface area (Å²) in [5.74, 6) is 0.631. The van der Waals surface area contributed by atoms with Crippen LogP contribution in [0.25, 0.3) is 0 Å². The smallest absolute Gasteiger partial charge is 0.252 e. The predicted octanol–water partition coefficient (Wildman–Crippen LogP) is 4.45. The van der Waals surface area contributed by atoms with Gasteiger partial charge >= 0.3 is 0 Å². The summed E-state index contributed by atoms with van der Waals surface area (Å²) < 4.78 is 1.93. The fraction of sp³-hybridized carbons (Fsp3) is 0.333. The van der Waals surface area contributed by atoms with Crippen molar-refractivity contribution in [3.05, 3.63) is 70.5 Å². The molecule has 2 amide bonds. The Balaban J connectivity index is 1.66. The first-order valence-corrected chi connectivity index (χ1v) is 11.6. The van der Waals surface area contributed by atoms with E-state index in [1.165, 1.54) is 11.8 Å². The first-order valence-electron chi connectivity index (χ1n) is 10.6. The largest absolute Gasteiger partial charge is 0.342 e. The first-order chi connectivity index (χ1) is 15.3. The van der Waals surface area contributed by atoms with Crippen LogP contribution in [0.3, 0.4) is 0 Å². The van der Waals surface area contributed by atoms with Gasteiger partial charge in [-0.25, -0.2) is 0 Å². The lowest BCUT2D eigenvalue weighted by molar-refractivity contribution is -0.113. The Morgan fingerprint density at radius 1 is 1.00 bits per heavy atom. The summed E-state index contributed by atoms with van der Waals surface area (Å²) in [6.45, 7) is 10.4. The maximum absolute atomic E-state index is 12.7. The van der Waals surface area contributed by atoms with Crippen molar-refractivity contribution >= 4 is 29.3 Å². The topological polar surface area (TPSA) is 88.9 Å². The molecular weight excluding hydrogens is 422 g/mol. The lowest BCUT2D eigenvalue weighted by Gasteiger charge is -2.16. The van der Waals surface area contributed by atoms with E-state index in [1.54, 1.807) is 6.07 Å². The molecule has 0 aliphatic rings. The van der Waals surface area contributed by atoms with Crippen molar-refractivity contribution in [3.63, 3.8) is 0 Å². The van der Waals surface area contributed by atoms with Crippen LogP contribution in [-0.4, -0.2) is 32.3 Å². The summed E-state index contributed by atoms with van der Waals surface area (Å²) in [6.07, 6.45) is 0. The Morgan fingerprint density at radius 3 is 2.31 bits per heavy atom. The highest BCUT2D eigenvalue weighted by Gasteiger charge is 2.21. The highest BCUT2D eigenvalue weighted by molar-refractivity contribution is 7.99. The molecule has 0 aliphatic heterocycles. The first kappa shape index (κ1) is 23.5. The van der Waals surface area contributed by atoms with Crippen LogP contribution in [0.5, 0.6) is 0 Å². The predicted molar refractivity (Wildman–Crippen MR) is 128 cm³/mol. The van der Waals surface area contributed by atoms with Crippen molar-refractivity contribution in [1.29, 1.82) is 0 Å². The summed E-state index contributed by atoms with van der Waals surface area (Å²) in [4.78, 5) is 25.2. The van der Waals surface area contributed by atoms with Gasteiger partial charge < -0.3 is 15.2 Å². The fourth-order valence-corrected chi connectivity index (χ4v) is 4.32. The maximum Gasteiger partial charge on any atom is 0.252 e. The zero-order valence-electron chi connectivity index (χ0n) is 19.1. The van der Waals surface area contributed by atoms with E-state index in [4.69, 9.17) is 0 Å². The molecule has 8 heteroatoms. The minimum atomic E-state index is -0.327. The molecule has 1 aromatic heterocycles. The van der Waals surface area contributed by atoms with Crippen molar-refractivity contribution < 1.29 is 9.59 Å². The van der Waals surface area contributed by atoms with Gasteiger partial charge in [-0.2, -0.15) is 0 Å². The lowest BCUT2D eigenvalue weighted by Crippen LogP contribution is -2.29. The number of nitrogens with one attached hydrogen (secondary N) is 2. The van der Waals surface area contributed by atoms with Crippen molar-refractivity contribution in [1.82, 2.24) is 20.1 Å². The second-order valence-electron chi connectivity index (χ2n) is 7.70. The molecule has 7 nitrogen and oxygen atoms in total. The monoisotopic (exact) mass is 451 g/mol. The average molecular weight is 452 g/mol. The van der Waals surface area contributed by atoms with E-state index in [2.05, 4.69) is 20.8 Å². The molecule has 1 heterocycles. The van der Waals surface area contributed by atoms with Gasteiger partial charge in [0.2, 0.25) is 5.91 Å². The fourth-order valence-electron chi connectivity index (χ4n) is 3.51. The Morgan fingerprint density at radius 2 is 1.66 bits per heavy atom. The molecule has 2 N–H and O–H groups in total. The van der Waals surface area contributed by atoms with Crippen LogP contribution in [0.15, 0.2) is 47.6 Å². The molecule has 2 aromatic carbocycles. The van der Waals surface area contributed by atoms with E-state index in [0.717, 1.165) is 22.4 Å². The molecule has 0 bridgehead atoms. The highest BCUT2D eigenvalue weighted by atomic mass is 32.2. The van der Waals surface area contributed by atoms with Crippen LogP contribution in [0.1, 0.15) is 52.8 Å². The molecule has 1 atom stereocenters. The Hall–Kier alpha value is -3.13. The zero-order chi connectivity index (χ0) is 23.3. The van der Waals surface area contributed by atoms with Crippen molar-refractivity contribution in [2.24, 2.45) is 0 Å². The van der Waals surface area contributed by atoms with Gasteiger partial charge in [-0.3, -0.25) is 9.59 Å². The standard InChI is InChI=1S/C24H29N5O2S/c1-6-29-22(18(5)25-23(31)19-13-8-7-10-15(19)2)27-28-24(29)32-14-20(30)26-21-16(3)11-9-12-17(21)4/h7-13,18H,6,14H2,1-5H3,(H,25,31)(H,26,30)/t18-/m1/s1. The molecule has 3 rings (SSSR count). The summed E-state index contributed by atoms with van der Waals surface area (Å²) in [5, 5.41) is 15.2. The molecule has 0 saturated carbocycles. The number of anilines is 1. The molecule has 0 fully saturated rings. The number of carbonyl (C=O) groups is 2. The number of benzene rings is 2. The van der Waals surface area contributed by atoms with Crippen molar-refractivity contribution in [3.8, 4) is 0 Å². The molecular formula is C24H29N5O2S. The van der Waals surface area contributed by atoms with Crippen LogP contribution >= 0.6 is 11.8 Å². The summed E-state index contributed by atoms with van der Waals surface area (Å²) >= 11 is 1.33. The second-order valence-corrected chi connectivity index (χ2v) is 8.64. The summed E-state index contributed by atoms with van der Waals surface area (Å²) in [6, 6.07) is 13.1. The van der Waals surface area contributed by atoms with E-state index in [0.29, 0.717) is 23.1 Å². The lowest BCUT2D eigenvalue weighted by atomic mass is 10.1. The third-order valence-electron chi connectivity index (χ3n) is 5.26. The Bertz CT molecular complexity index is 1110. The zero-order valence-corrected chi connectivity index (χ0v) is 19.9. The van der Waals surface area contributed by atoms with Gasteiger partial charge in [0.1, 0.15) is 0 Å². The molecule has 32 heavy (non-hydrogen) atoms. The molecule has 0 aliphatic carbocycles. The quantitative estimate of drug-likeness (QED) is 0.494. The van der Waals surface area contributed by atoms with Crippen molar-refractivity contribution in [2.45, 2.75) is 52.4 Å². The van der Waals surface area contributed by atoms with E-state index in [1.807, 2.05) is 75.6 Å². The molecule has 0 unspecified atom stereocenters. The Labute approximate surface area is 193 Å². The van der Waals surface area contributed by atoms with Gasteiger partial charge in [0, 0.05) is 17.8 Å². The van der Waals surface area contributed by atoms with Crippen molar-refractivity contribution in [2.75, 3.05) is 11.1 Å². The van der Waals surface area contributed by atoms with E-state index >= 15 is 0 Å². The summed E-state index contributed by atoms with van der Waals surface area (Å²) in [7, 11) is 0. The number of nitrogens with zero attached hydrogens (tertiary/aromatic N) is 3. The van der Waals surface area contributed by atoms with Crippen LogP contribution in [-0.2, 0) is 11.3 Å². The third kappa shape index (κ3) is 5.37. The van der Waals surface area contributed by atoms with Gasteiger partial charge in [-0.05, 0) is 57.4 Å². The van der Waals surface area contributed by atoms with Gasteiger partial charge in [0.05, 0.1) is 11.8 Å². The summed E-state index contributed by atoms with van der Waals surface area (Å²) in [5.41, 5.74) is 4.46. The van der Waals surface area contributed by atoms with Crippen LogP contribution < -0.4 is 10.6 Å². The van der Waals surface area contributed by atoms with Crippen LogP contribution in [0.4, 0.5) is 5.69 Å². The Kier molecular flexibility index (Phi) is 7.69. The van der Waals surface area contributed by atoms with E-state index in [-0.39, 0.29) is 23.6 Å². The van der Waals surface area contributed by atoms with E-state index < -0.39 is 0 Å².